The second-order valence-electron chi connectivity index (χ2n) is 4.71. The molecular weight excluding hydrogens is 188 g/mol. The lowest BCUT2D eigenvalue weighted by Crippen LogP contribution is -2.52. The highest BCUT2D eigenvalue weighted by molar-refractivity contribution is 5.76. The molecule has 2 rings (SSSR count). The topological polar surface area (TPSA) is 32.3 Å². The highest BCUT2D eigenvalue weighted by Gasteiger charge is 2.33. The van der Waals surface area contributed by atoms with E-state index in [2.05, 4.69) is 10.2 Å². The molecule has 2 atom stereocenters. The molecule has 2 fully saturated rings. The standard InChI is InChI=1S/C12H22N2O/c1-2-12(15)14-9-4-3-7-11(14)10-6-5-8-13-10/h10-11,13H,2-9H2,1H3. The van der Waals surface area contributed by atoms with E-state index in [0.717, 1.165) is 13.1 Å². The van der Waals surface area contributed by atoms with Crippen LogP contribution in [0, 0.1) is 0 Å². The Hall–Kier alpha value is -0.570. The molecule has 0 radical (unpaired) electrons. The fourth-order valence-corrected chi connectivity index (χ4v) is 2.93. The summed E-state index contributed by atoms with van der Waals surface area (Å²) in [6.45, 7) is 4.08. The van der Waals surface area contributed by atoms with Crippen molar-refractivity contribution in [2.75, 3.05) is 13.1 Å². The van der Waals surface area contributed by atoms with Crippen molar-refractivity contribution in [3.63, 3.8) is 0 Å². The second-order valence-corrected chi connectivity index (χ2v) is 4.71. The van der Waals surface area contributed by atoms with Gasteiger partial charge in [-0.25, -0.2) is 0 Å². The van der Waals surface area contributed by atoms with Gasteiger partial charge in [0.05, 0.1) is 0 Å². The van der Waals surface area contributed by atoms with Crippen LogP contribution in [0.5, 0.6) is 0 Å². The number of hydrogen-bond acceptors (Lipinski definition) is 2. The van der Waals surface area contributed by atoms with Crippen molar-refractivity contribution in [3.05, 3.63) is 0 Å². The Morgan fingerprint density at radius 2 is 2.20 bits per heavy atom. The van der Waals surface area contributed by atoms with Gasteiger partial charge in [0.15, 0.2) is 0 Å². The molecule has 0 saturated carbocycles. The molecule has 0 aromatic rings. The van der Waals surface area contributed by atoms with Crippen molar-refractivity contribution in [3.8, 4) is 0 Å². The molecule has 3 nitrogen and oxygen atoms in total. The summed E-state index contributed by atoms with van der Waals surface area (Å²) >= 11 is 0. The maximum absolute atomic E-state index is 11.8. The van der Waals surface area contributed by atoms with Gasteiger partial charge in [0.25, 0.3) is 0 Å². The summed E-state index contributed by atoms with van der Waals surface area (Å²) in [7, 11) is 0. The van der Waals surface area contributed by atoms with Crippen LogP contribution in [0.4, 0.5) is 0 Å². The Kier molecular flexibility index (Phi) is 3.62. The van der Waals surface area contributed by atoms with Gasteiger partial charge in [-0.2, -0.15) is 0 Å². The minimum atomic E-state index is 0.341. The first-order valence-electron chi connectivity index (χ1n) is 6.35. The Labute approximate surface area is 92.2 Å². The number of hydrogen-bond donors (Lipinski definition) is 1. The first-order chi connectivity index (χ1) is 7.33. The molecular formula is C12H22N2O. The van der Waals surface area contributed by atoms with Crippen molar-refractivity contribution in [2.45, 2.75) is 57.5 Å². The van der Waals surface area contributed by atoms with E-state index in [-0.39, 0.29) is 0 Å². The van der Waals surface area contributed by atoms with Gasteiger partial charge >= 0.3 is 0 Å². The zero-order chi connectivity index (χ0) is 10.7. The zero-order valence-corrected chi connectivity index (χ0v) is 9.67. The van der Waals surface area contributed by atoms with Gasteiger partial charge in [-0.15, -0.1) is 0 Å². The molecule has 2 unspecified atom stereocenters. The van der Waals surface area contributed by atoms with E-state index in [0.29, 0.717) is 24.4 Å². The number of piperidine rings is 1. The van der Waals surface area contributed by atoms with E-state index in [9.17, 15) is 4.79 Å². The summed E-state index contributed by atoms with van der Waals surface area (Å²) < 4.78 is 0. The summed E-state index contributed by atoms with van der Waals surface area (Å²) in [6, 6.07) is 1.05. The zero-order valence-electron chi connectivity index (χ0n) is 9.67. The molecule has 3 heteroatoms. The number of amides is 1. The summed E-state index contributed by atoms with van der Waals surface area (Å²) in [5.41, 5.74) is 0. The maximum atomic E-state index is 11.8. The lowest BCUT2D eigenvalue weighted by Gasteiger charge is -2.39. The number of rotatable bonds is 2. The monoisotopic (exact) mass is 210 g/mol. The number of nitrogens with zero attached hydrogens (tertiary/aromatic N) is 1. The third-order valence-corrected chi connectivity index (χ3v) is 3.73. The molecule has 15 heavy (non-hydrogen) atoms. The third-order valence-electron chi connectivity index (χ3n) is 3.73. The minimum absolute atomic E-state index is 0.341. The van der Waals surface area contributed by atoms with Crippen LogP contribution in [0.15, 0.2) is 0 Å². The van der Waals surface area contributed by atoms with Gasteiger partial charge in [0.1, 0.15) is 0 Å². The molecule has 2 saturated heterocycles. The summed E-state index contributed by atoms with van der Waals surface area (Å²) in [5, 5.41) is 3.54. The van der Waals surface area contributed by atoms with Gasteiger partial charge in [-0.05, 0) is 38.6 Å². The third kappa shape index (κ3) is 2.33. The minimum Gasteiger partial charge on any atom is -0.338 e. The number of likely N-dealkylation sites (tertiary alicyclic amines) is 1. The highest BCUT2D eigenvalue weighted by atomic mass is 16.2. The molecule has 86 valence electrons. The van der Waals surface area contributed by atoms with Crippen molar-refractivity contribution in [2.24, 2.45) is 0 Å². The van der Waals surface area contributed by atoms with Crippen LogP contribution in [0.25, 0.3) is 0 Å². The van der Waals surface area contributed by atoms with Crippen molar-refractivity contribution < 1.29 is 4.79 Å². The summed E-state index contributed by atoms with van der Waals surface area (Å²) in [5.74, 6) is 0.341. The predicted octanol–water partition coefficient (Wildman–Crippen LogP) is 1.53. The average molecular weight is 210 g/mol. The van der Waals surface area contributed by atoms with Crippen LogP contribution < -0.4 is 5.32 Å². The van der Waals surface area contributed by atoms with Crippen LogP contribution in [-0.4, -0.2) is 36.0 Å². The largest absolute Gasteiger partial charge is 0.338 e. The van der Waals surface area contributed by atoms with Gasteiger partial charge in [0.2, 0.25) is 5.91 Å². The Bertz CT molecular complexity index is 224. The molecule has 0 aromatic carbocycles. The van der Waals surface area contributed by atoms with E-state index in [1.165, 1.54) is 32.1 Å². The first-order valence-corrected chi connectivity index (χ1v) is 6.35. The number of nitrogens with one attached hydrogen (secondary N) is 1. The lowest BCUT2D eigenvalue weighted by molar-refractivity contribution is -0.135. The Balaban J connectivity index is 2.01. The molecule has 1 N–H and O–H groups in total. The molecule has 1 amide bonds. The van der Waals surface area contributed by atoms with Crippen molar-refractivity contribution in [1.82, 2.24) is 10.2 Å². The van der Waals surface area contributed by atoms with E-state index < -0.39 is 0 Å². The van der Waals surface area contributed by atoms with Crippen LogP contribution >= 0.6 is 0 Å². The molecule has 0 aromatic heterocycles. The second kappa shape index (κ2) is 4.97. The number of carbonyl (C=O) groups excluding carboxylic acids is 1. The summed E-state index contributed by atoms with van der Waals surface area (Å²) in [6.07, 6.45) is 6.85. The van der Waals surface area contributed by atoms with Gasteiger partial charge in [-0.1, -0.05) is 6.92 Å². The van der Waals surface area contributed by atoms with Gasteiger partial charge in [-0.3, -0.25) is 4.79 Å². The molecule has 0 spiro atoms. The van der Waals surface area contributed by atoms with Crippen LogP contribution in [0.1, 0.15) is 45.4 Å². The smallest absolute Gasteiger partial charge is 0.222 e. The van der Waals surface area contributed by atoms with Crippen molar-refractivity contribution >= 4 is 5.91 Å². The Morgan fingerprint density at radius 1 is 1.33 bits per heavy atom. The molecule has 0 aliphatic carbocycles. The number of carbonyl (C=O) groups is 1. The van der Waals surface area contributed by atoms with Crippen LogP contribution in [0.3, 0.4) is 0 Å². The first kappa shape index (κ1) is 10.9. The van der Waals surface area contributed by atoms with E-state index in [1.54, 1.807) is 0 Å². The maximum Gasteiger partial charge on any atom is 0.222 e. The lowest BCUT2D eigenvalue weighted by atomic mass is 9.94. The van der Waals surface area contributed by atoms with E-state index in [1.807, 2.05) is 6.92 Å². The van der Waals surface area contributed by atoms with Crippen molar-refractivity contribution in [1.29, 1.82) is 0 Å². The van der Waals surface area contributed by atoms with Crippen LogP contribution in [-0.2, 0) is 4.79 Å². The summed E-state index contributed by atoms with van der Waals surface area (Å²) in [4.78, 5) is 14.0. The fraction of sp³-hybridized carbons (Fsp3) is 0.917. The average Bonchev–Trinajstić information content (AvgIpc) is 2.81. The predicted molar refractivity (Wildman–Crippen MR) is 60.7 cm³/mol. The fourth-order valence-electron chi connectivity index (χ4n) is 2.93. The highest BCUT2D eigenvalue weighted by Crippen LogP contribution is 2.24. The molecule has 2 aliphatic heterocycles. The van der Waals surface area contributed by atoms with Gasteiger partial charge < -0.3 is 10.2 Å². The molecule has 2 aliphatic rings. The SMILES string of the molecule is CCC(=O)N1CCCCC1C1CCCN1. The normalized spacial score (nSPS) is 31.9. The van der Waals surface area contributed by atoms with Crippen LogP contribution in [0.2, 0.25) is 0 Å². The van der Waals surface area contributed by atoms with E-state index in [4.69, 9.17) is 0 Å². The van der Waals surface area contributed by atoms with Gasteiger partial charge in [0, 0.05) is 25.0 Å². The van der Waals surface area contributed by atoms with E-state index >= 15 is 0 Å². The Morgan fingerprint density at radius 3 is 2.87 bits per heavy atom. The molecule has 2 heterocycles. The quantitative estimate of drug-likeness (QED) is 0.749. The molecule has 0 bridgehead atoms.